The van der Waals surface area contributed by atoms with E-state index in [1.807, 2.05) is 44.2 Å². The fourth-order valence-corrected chi connectivity index (χ4v) is 3.02. The molecule has 0 radical (unpaired) electrons. The van der Waals surface area contributed by atoms with Crippen LogP contribution in [-0.2, 0) is 11.2 Å². The van der Waals surface area contributed by atoms with Gasteiger partial charge >= 0.3 is 0 Å². The smallest absolute Gasteiger partial charge is 0.260 e. The van der Waals surface area contributed by atoms with E-state index in [4.69, 9.17) is 25.8 Å². The number of aryl methyl sites for hydroxylation is 3. The summed E-state index contributed by atoms with van der Waals surface area (Å²) in [5.41, 5.74) is 2.99. The fraction of sp³-hybridized carbons (Fsp3) is 0.409. The lowest BCUT2D eigenvalue weighted by atomic mass is 10.1. The Hall–Kier alpha value is -2.40. The van der Waals surface area contributed by atoms with Crippen molar-refractivity contribution in [1.29, 1.82) is 0 Å². The molecule has 0 aliphatic rings. The highest BCUT2D eigenvalue weighted by Gasteiger charge is 2.15. The van der Waals surface area contributed by atoms with Gasteiger partial charge in [-0.15, -0.1) is 0 Å². The van der Waals surface area contributed by atoms with Crippen LogP contribution in [0.1, 0.15) is 30.0 Å². The summed E-state index contributed by atoms with van der Waals surface area (Å²) in [6, 6.07) is 9.53. The van der Waals surface area contributed by atoms with E-state index in [0.717, 1.165) is 34.6 Å². The lowest BCUT2D eigenvalue weighted by Crippen LogP contribution is -2.37. The molecule has 0 saturated heterocycles. The SMILES string of the molecule is COc1ccc(CCCNC(=O)[C@@H](C)Oc2cc(C)c(Cl)c(C)c2)cc1OC. The molecule has 0 heterocycles. The molecular weight excluding hydrogens is 378 g/mol. The number of carbonyl (C=O) groups excluding carboxylic acids is 1. The van der Waals surface area contributed by atoms with Gasteiger partial charge in [0.05, 0.1) is 14.2 Å². The van der Waals surface area contributed by atoms with E-state index in [1.54, 1.807) is 21.1 Å². The monoisotopic (exact) mass is 405 g/mol. The van der Waals surface area contributed by atoms with Gasteiger partial charge in [0.25, 0.3) is 5.91 Å². The van der Waals surface area contributed by atoms with Crippen LogP contribution < -0.4 is 19.5 Å². The molecule has 152 valence electrons. The van der Waals surface area contributed by atoms with Gasteiger partial charge in [0.15, 0.2) is 17.6 Å². The second kappa shape index (κ2) is 10.2. The first kappa shape index (κ1) is 21.9. The maximum absolute atomic E-state index is 12.3. The van der Waals surface area contributed by atoms with Gasteiger partial charge < -0.3 is 19.5 Å². The van der Waals surface area contributed by atoms with E-state index in [9.17, 15) is 4.79 Å². The standard InChI is InChI=1S/C22H28ClNO4/c1-14-11-18(12-15(2)21(14)23)28-16(3)22(25)24-10-6-7-17-8-9-19(26-4)20(13-17)27-5/h8-9,11-13,16H,6-7,10H2,1-5H3,(H,24,25)/t16-/m1/s1. The molecule has 0 aromatic heterocycles. The predicted molar refractivity (Wildman–Crippen MR) is 112 cm³/mol. The minimum absolute atomic E-state index is 0.141. The molecule has 2 aromatic carbocycles. The molecule has 0 aliphatic heterocycles. The number of carbonyl (C=O) groups is 1. The van der Waals surface area contributed by atoms with Crippen molar-refractivity contribution in [3.05, 3.63) is 52.0 Å². The average molecular weight is 406 g/mol. The summed E-state index contributed by atoms with van der Waals surface area (Å²) in [5, 5.41) is 3.64. The summed E-state index contributed by atoms with van der Waals surface area (Å²) in [5.74, 6) is 1.92. The number of methoxy groups -OCH3 is 2. The molecule has 1 N–H and O–H groups in total. The Balaban J connectivity index is 1.80. The van der Waals surface area contributed by atoms with Crippen LogP contribution in [0.4, 0.5) is 0 Å². The second-order valence-electron chi connectivity index (χ2n) is 6.72. The minimum atomic E-state index is -0.582. The Bertz CT molecular complexity index is 799. The molecule has 1 atom stereocenters. The number of hydrogen-bond acceptors (Lipinski definition) is 4. The quantitative estimate of drug-likeness (QED) is 0.624. The number of nitrogens with one attached hydrogen (secondary N) is 1. The number of halogens is 1. The zero-order valence-electron chi connectivity index (χ0n) is 17.1. The third-order valence-corrected chi connectivity index (χ3v) is 5.08. The Morgan fingerprint density at radius 1 is 1.07 bits per heavy atom. The summed E-state index contributed by atoms with van der Waals surface area (Å²) in [6.45, 7) is 6.14. The number of hydrogen-bond donors (Lipinski definition) is 1. The van der Waals surface area contributed by atoms with E-state index in [-0.39, 0.29) is 5.91 Å². The van der Waals surface area contributed by atoms with Gasteiger partial charge in [0.2, 0.25) is 0 Å². The Morgan fingerprint density at radius 3 is 2.32 bits per heavy atom. The molecule has 0 fully saturated rings. The van der Waals surface area contributed by atoms with Crippen molar-refractivity contribution < 1.29 is 19.0 Å². The lowest BCUT2D eigenvalue weighted by molar-refractivity contribution is -0.127. The number of amides is 1. The van der Waals surface area contributed by atoms with Crippen molar-refractivity contribution in [2.75, 3.05) is 20.8 Å². The molecule has 0 spiro atoms. The van der Waals surface area contributed by atoms with Crippen LogP contribution in [0.15, 0.2) is 30.3 Å². The highest BCUT2D eigenvalue weighted by atomic mass is 35.5. The summed E-state index contributed by atoms with van der Waals surface area (Å²) in [7, 11) is 3.23. The average Bonchev–Trinajstić information content (AvgIpc) is 2.68. The molecule has 28 heavy (non-hydrogen) atoms. The van der Waals surface area contributed by atoms with Crippen LogP contribution in [0.5, 0.6) is 17.2 Å². The number of rotatable bonds is 9. The molecule has 6 heteroatoms. The first-order valence-electron chi connectivity index (χ1n) is 9.27. The van der Waals surface area contributed by atoms with Crippen molar-refractivity contribution in [2.45, 2.75) is 39.7 Å². The highest BCUT2D eigenvalue weighted by molar-refractivity contribution is 6.32. The number of benzene rings is 2. The molecule has 1 amide bonds. The molecule has 2 aromatic rings. The van der Waals surface area contributed by atoms with Crippen LogP contribution in [-0.4, -0.2) is 32.8 Å². The summed E-state index contributed by atoms with van der Waals surface area (Å²) < 4.78 is 16.3. The summed E-state index contributed by atoms with van der Waals surface area (Å²) in [4.78, 5) is 12.3. The fourth-order valence-electron chi connectivity index (χ4n) is 2.92. The lowest BCUT2D eigenvalue weighted by Gasteiger charge is -2.16. The van der Waals surface area contributed by atoms with Crippen LogP contribution >= 0.6 is 11.6 Å². The molecule has 0 bridgehead atoms. The summed E-state index contributed by atoms with van der Waals surface area (Å²) >= 11 is 6.17. The largest absolute Gasteiger partial charge is 0.493 e. The van der Waals surface area contributed by atoms with Gasteiger partial charge in [-0.05, 0) is 74.6 Å². The van der Waals surface area contributed by atoms with E-state index in [2.05, 4.69) is 5.32 Å². The summed E-state index contributed by atoms with van der Waals surface area (Å²) in [6.07, 6.45) is 1.06. The predicted octanol–water partition coefficient (Wildman–Crippen LogP) is 4.49. The normalized spacial score (nSPS) is 11.6. The first-order valence-corrected chi connectivity index (χ1v) is 9.65. The maximum atomic E-state index is 12.3. The van der Waals surface area contributed by atoms with Crippen molar-refractivity contribution in [3.8, 4) is 17.2 Å². The zero-order valence-corrected chi connectivity index (χ0v) is 17.9. The van der Waals surface area contributed by atoms with E-state index >= 15 is 0 Å². The Kier molecular flexibility index (Phi) is 8.00. The molecule has 0 unspecified atom stereocenters. The molecule has 5 nitrogen and oxygen atoms in total. The van der Waals surface area contributed by atoms with E-state index < -0.39 is 6.10 Å². The topological polar surface area (TPSA) is 56.8 Å². The van der Waals surface area contributed by atoms with Gasteiger partial charge in [0, 0.05) is 11.6 Å². The van der Waals surface area contributed by atoms with Crippen molar-refractivity contribution >= 4 is 17.5 Å². The third-order valence-electron chi connectivity index (χ3n) is 4.48. The van der Waals surface area contributed by atoms with E-state index in [1.165, 1.54) is 0 Å². The Labute approximate surface area is 171 Å². The van der Waals surface area contributed by atoms with Gasteiger partial charge in [-0.25, -0.2) is 0 Å². The Morgan fingerprint density at radius 2 is 1.71 bits per heavy atom. The van der Waals surface area contributed by atoms with Crippen molar-refractivity contribution in [3.63, 3.8) is 0 Å². The van der Waals surface area contributed by atoms with Crippen LogP contribution in [0.25, 0.3) is 0 Å². The minimum Gasteiger partial charge on any atom is -0.493 e. The molecular formula is C22H28ClNO4. The van der Waals surface area contributed by atoms with Gasteiger partial charge in [-0.2, -0.15) is 0 Å². The van der Waals surface area contributed by atoms with Gasteiger partial charge in [-0.1, -0.05) is 17.7 Å². The van der Waals surface area contributed by atoms with Crippen molar-refractivity contribution in [1.82, 2.24) is 5.32 Å². The third kappa shape index (κ3) is 5.80. The van der Waals surface area contributed by atoms with Crippen LogP contribution in [0, 0.1) is 13.8 Å². The van der Waals surface area contributed by atoms with Gasteiger partial charge in [-0.3, -0.25) is 4.79 Å². The maximum Gasteiger partial charge on any atom is 0.260 e. The molecule has 2 rings (SSSR count). The van der Waals surface area contributed by atoms with Crippen molar-refractivity contribution in [2.24, 2.45) is 0 Å². The van der Waals surface area contributed by atoms with E-state index in [0.29, 0.717) is 23.8 Å². The zero-order chi connectivity index (χ0) is 20.7. The molecule has 0 saturated carbocycles. The highest BCUT2D eigenvalue weighted by Crippen LogP contribution is 2.28. The first-order chi connectivity index (χ1) is 13.3. The second-order valence-corrected chi connectivity index (χ2v) is 7.09. The van der Waals surface area contributed by atoms with Crippen LogP contribution in [0.2, 0.25) is 5.02 Å². The van der Waals surface area contributed by atoms with Gasteiger partial charge in [0.1, 0.15) is 5.75 Å². The number of ether oxygens (including phenoxy) is 3. The molecule has 0 aliphatic carbocycles. The van der Waals surface area contributed by atoms with Crippen LogP contribution in [0.3, 0.4) is 0 Å².